The first-order valence-electron chi connectivity index (χ1n) is 10.3. The van der Waals surface area contributed by atoms with Gasteiger partial charge in [0.05, 0.1) is 11.6 Å². The van der Waals surface area contributed by atoms with Gasteiger partial charge in [0.15, 0.2) is 5.65 Å². The van der Waals surface area contributed by atoms with E-state index >= 15 is 0 Å². The Labute approximate surface area is 200 Å². The third-order valence-corrected chi connectivity index (χ3v) is 4.88. The molecule has 1 atom stereocenters. The number of halogens is 4. The zero-order chi connectivity index (χ0) is 25.8. The molecular formula is C23H16F4N6O3. The Morgan fingerprint density at radius 1 is 1.06 bits per heavy atom. The Hall–Kier alpha value is -4.73. The summed E-state index contributed by atoms with van der Waals surface area (Å²) in [4.78, 5) is 26.1. The summed E-state index contributed by atoms with van der Waals surface area (Å²) in [6.07, 6.45) is 2.92. The van der Waals surface area contributed by atoms with Gasteiger partial charge in [0, 0.05) is 24.0 Å². The first kappa shape index (κ1) is 24.4. The molecule has 0 fully saturated rings. The summed E-state index contributed by atoms with van der Waals surface area (Å²) in [6, 6.07) is 10.5. The molecule has 1 N–H and O–H groups in total. The van der Waals surface area contributed by atoms with Crippen molar-refractivity contribution >= 4 is 17.1 Å². The maximum atomic E-state index is 12.9. The van der Waals surface area contributed by atoms with E-state index in [4.69, 9.17) is 5.26 Å². The molecule has 0 saturated carbocycles. The van der Waals surface area contributed by atoms with Crippen LogP contribution in [-0.4, -0.2) is 38.6 Å². The van der Waals surface area contributed by atoms with Crippen LogP contribution >= 0.6 is 0 Å². The number of nitriles is 1. The maximum Gasteiger partial charge on any atom is 0.387 e. The molecule has 0 aliphatic heterocycles. The topological polar surface area (TPSA) is 115 Å². The van der Waals surface area contributed by atoms with Crippen molar-refractivity contribution in [2.45, 2.75) is 26.2 Å². The minimum atomic E-state index is -3.24. The molecular weight excluding hydrogens is 484 g/mol. The predicted molar refractivity (Wildman–Crippen MR) is 117 cm³/mol. The van der Waals surface area contributed by atoms with Gasteiger partial charge in [0.1, 0.15) is 34.7 Å². The minimum Gasteiger partial charge on any atom is -0.435 e. The molecule has 0 bridgehead atoms. The van der Waals surface area contributed by atoms with Gasteiger partial charge in [-0.2, -0.15) is 22.8 Å². The quantitative estimate of drug-likeness (QED) is 0.357. The molecule has 0 saturated heterocycles. The van der Waals surface area contributed by atoms with Crippen LogP contribution in [0.25, 0.3) is 17.0 Å². The van der Waals surface area contributed by atoms with Gasteiger partial charge in [-0.1, -0.05) is 0 Å². The van der Waals surface area contributed by atoms with Crippen molar-refractivity contribution in [1.29, 1.82) is 5.26 Å². The van der Waals surface area contributed by atoms with Gasteiger partial charge in [-0.15, -0.1) is 0 Å². The second-order valence-corrected chi connectivity index (χ2v) is 7.31. The molecule has 0 spiro atoms. The molecule has 4 aromatic rings. The Kier molecular flexibility index (Phi) is 6.95. The number of fused-ring (bicyclic) bond motifs is 1. The van der Waals surface area contributed by atoms with Crippen molar-refractivity contribution in [3.05, 3.63) is 71.8 Å². The number of rotatable bonds is 8. The van der Waals surface area contributed by atoms with Crippen molar-refractivity contribution in [3.8, 4) is 23.4 Å². The van der Waals surface area contributed by atoms with Crippen molar-refractivity contribution in [2.75, 3.05) is 0 Å². The molecule has 1 amide bonds. The number of nitrogens with zero attached hydrogens (tertiary/aromatic N) is 5. The molecule has 13 heteroatoms. The highest BCUT2D eigenvalue weighted by Gasteiger charge is 2.23. The van der Waals surface area contributed by atoms with Crippen molar-refractivity contribution in [3.63, 3.8) is 0 Å². The number of pyridine rings is 2. The number of carbonyl (C=O) groups excluding carboxylic acids is 1. The second-order valence-electron chi connectivity index (χ2n) is 7.31. The predicted octanol–water partition coefficient (Wildman–Crippen LogP) is 4.38. The summed E-state index contributed by atoms with van der Waals surface area (Å²) in [5, 5.41) is 11.7. The lowest BCUT2D eigenvalue weighted by Crippen LogP contribution is -2.28. The average molecular weight is 500 g/mol. The van der Waals surface area contributed by atoms with Gasteiger partial charge >= 0.3 is 13.2 Å². The first-order valence-corrected chi connectivity index (χ1v) is 10.3. The van der Waals surface area contributed by atoms with Gasteiger partial charge in [0.2, 0.25) is 0 Å². The SMILES string of the molecule is CC(NC(=O)c1cc(OC(F)F)cc(OC(F)F)c1)c1nc2cccnc2n1-c1ccc(C#N)cn1. The Morgan fingerprint density at radius 2 is 1.75 bits per heavy atom. The third kappa shape index (κ3) is 5.33. The fourth-order valence-corrected chi connectivity index (χ4v) is 3.42. The number of alkyl halides is 4. The number of hydrogen-bond donors (Lipinski definition) is 1. The average Bonchev–Trinajstić information content (AvgIpc) is 3.23. The summed E-state index contributed by atoms with van der Waals surface area (Å²) in [5.74, 6) is -1.15. The fraction of sp³-hybridized carbons (Fsp3) is 0.174. The molecule has 1 aromatic carbocycles. The summed E-state index contributed by atoms with van der Waals surface area (Å²) in [6.45, 7) is -4.88. The van der Waals surface area contributed by atoms with Gasteiger partial charge in [-0.05, 0) is 43.3 Å². The lowest BCUT2D eigenvalue weighted by atomic mass is 10.1. The van der Waals surface area contributed by atoms with Crippen LogP contribution in [0.1, 0.15) is 34.7 Å². The van der Waals surface area contributed by atoms with Crippen LogP contribution in [0.3, 0.4) is 0 Å². The second kappa shape index (κ2) is 10.3. The maximum absolute atomic E-state index is 12.9. The number of benzene rings is 1. The van der Waals surface area contributed by atoms with Gasteiger partial charge in [-0.25, -0.2) is 15.0 Å². The summed E-state index contributed by atoms with van der Waals surface area (Å²) in [7, 11) is 0. The van der Waals surface area contributed by atoms with E-state index in [0.29, 0.717) is 28.4 Å². The molecule has 3 heterocycles. The van der Waals surface area contributed by atoms with Gasteiger partial charge in [0.25, 0.3) is 5.91 Å². The third-order valence-electron chi connectivity index (χ3n) is 4.88. The molecule has 3 aromatic heterocycles. The normalized spacial score (nSPS) is 11.9. The largest absolute Gasteiger partial charge is 0.435 e. The van der Waals surface area contributed by atoms with E-state index in [0.717, 1.165) is 18.2 Å². The zero-order valence-electron chi connectivity index (χ0n) is 18.4. The van der Waals surface area contributed by atoms with Crippen molar-refractivity contribution < 1.29 is 31.8 Å². The molecule has 1 unspecified atom stereocenters. The van der Waals surface area contributed by atoms with Crippen LogP contribution in [0.15, 0.2) is 54.9 Å². The molecule has 4 rings (SSSR count). The lowest BCUT2D eigenvalue weighted by Gasteiger charge is -2.17. The summed E-state index contributed by atoms with van der Waals surface area (Å²) >= 11 is 0. The standard InChI is InChI=1S/C23H16F4N6O3/c1-12(31-21(34)14-7-15(35-22(24)25)9-16(8-14)36-23(26)27)19-32-17-3-2-6-29-20(17)33(19)18-5-4-13(10-28)11-30-18/h2-9,11-12,22-23H,1H3,(H,31,34). The number of imidazole rings is 1. The van der Waals surface area contributed by atoms with Crippen molar-refractivity contribution in [1.82, 2.24) is 24.8 Å². The van der Waals surface area contributed by atoms with Crippen LogP contribution in [-0.2, 0) is 0 Å². The van der Waals surface area contributed by atoms with Crippen LogP contribution in [0.2, 0.25) is 0 Å². The van der Waals surface area contributed by atoms with Gasteiger partial charge < -0.3 is 14.8 Å². The fourth-order valence-electron chi connectivity index (χ4n) is 3.42. The smallest absolute Gasteiger partial charge is 0.387 e. The molecule has 0 aliphatic rings. The number of hydrogen-bond acceptors (Lipinski definition) is 7. The Morgan fingerprint density at radius 3 is 2.33 bits per heavy atom. The molecule has 9 nitrogen and oxygen atoms in total. The first-order chi connectivity index (χ1) is 17.2. The highest BCUT2D eigenvalue weighted by atomic mass is 19.3. The number of ether oxygens (including phenoxy) is 2. The van der Waals surface area contributed by atoms with E-state index in [1.54, 1.807) is 42.0 Å². The van der Waals surface area contributed by atoms with Crippen LogP contribution in [0.4, 0.5) is 17.6 Å². The lowest BCUT2D eigenvalue weighted by molar-refractivity contribution is -0.0543. The van der Waals surface area contributed by atoms with E-state index in [2.05, 4.69) is 29.7 Å². The molecule has 184 valence electrons. The Bertz CT molecular complexity index is 1410. The van der Waals surface area contributed by atoms with E-state index < -0.39 is 36.7 Å². The number of aromatic nitrogens is 4. The monoisotopic (exact) mass is 500 g/mol. The van der Waals surface area contributed by atoms with Crippen LogP contribution in [0, 0.1) is 11.3 Å². The van der Waals surface area contributed by atoms with E-state index in [1.807, 2.05) is 6.07 Å². The highest BCUT2D eigenvalue weighted by molar-refractivity contribution is 5.95. The number of carbonyl (C=O) groups is 1. The van der Waals surface area contributed by atoms with Crippen molar-refractivity contribution in [2.24, 2.45) is 0 Å². The van der Waals surface area contributed by atoms with E-state index in [1.165, 1.54) is 6.20 Å². The van der Waals surface area contributed by atoms with Gasteiger partial charge in [-0.3, -0.25) is 9.36 Å². The molecule has 36 heavy (non-hydrogen) atoms. The van der Waals surface area contributed by atoms with Crippen LogP contribution < -0.4 is 14.8 Å². The van der Waals surface area contributed by atoms with E-state index in [-0.39, 0.29) is 5.56 Å². The zero-order valence-corrected chi connectivity index (χ0v) is 18.4. The number of nitrogens with one attached hydrogen (secondary N) is 1. The van der Waals surface area contributed by atoms with Crippen LogP contribution in [0.5, 0.6) is 11.5 Å². The molecule has 0 aliphatic carbocycles. The Balaban J connectivity index is 1.68. The number of amides is 1. The highest BCUT2D eigenvalue weighted by Crippen LogP contribution is 2.27. The molecule has 0 radical (unpaired) electrons. The summed E-state index contributed by atoms with van der Waals surface area (Å²) < 4.78 is 60.8. The van der Waals surface area contributed by atoms with E-state index in [9.17, 15) is 22.4 Å². The summed E-state index contributed by atoms with van der Waals surface area (Å²) in [5.41, 5.74) is 1.02. The minimum absolute atomic E-state index is 0.257.